The molecule has 4 atom stereocenters. The van der Waals surface area contributed by atoms with Gasteiger partial charge in [-0.3, -0.25) is 4.90 Å². The highest BCUT2D eigenvalue weighted by Gasteiger charge is 2.74. The summed E-state index contributed by atoms with van der Waals surface area (Å²) >= 11 is 0. The molecule has 1 aromatic carbocycles. The lowest BCUT2D eigenvalue weighted by molar-refractivity contribution is 0.0640. The van der Waals surface area contributed by atoms with Crippen LogP contribution in [0.4, 0.5) is 0 Å². The summed E-state index contributed by atoms with van der Waals surface area (Å²) in [6.45, 7) is 11.5. The number of ether oxygens (including phenoxy) is 1. The van der Waals surface area contributed by atoms with Crippen molar-refractivity contribution in [3.05, 3.63) is 35.9 Å². The van der Waals surface area contributed by atoms with Crippen LogP contribution in [0.5, 0.6) is 0 Å². The second-order valence-corrected chi connectivity index (χ2v) is 6.69. The number of benzene rings is 1. The van der Waals surface area contributed by atoms with Gasteiger partial charge in [0.1, 0.15) is 11.2 Å². The van der Waals surface area contributed by atoms with Gasteiger partial charge in [0.15, 0.2) is 0 Å². The molecule has 0 unspecified atom stereocenters. The fraction of sp³-hybridized carbons (Fsp3) is 0.667. The molecule has 0 aliphatic carbocycles. The molecule has 0 spiro atoms. The Morgan fingerprint density at radius 3 is 2.55 bits per heavy atom. The van der Waals surface area contributed by atoms with Gasteiger partial charge in [-0.05, 0) is 25.3 Å². The molecule has 2 saturated heterocycles. The van der Waals surface area contributed by atoms with Crippen LogP contribution in [0.3, 0.4) is 0 Å². The van der Waals surface area contributed by atoms with Crippen molar-refractivity contribution in [2.24, 2.45) is 5.92 Å². The fourth-order valence-electron chi connectivity index (χ4n) is 4.46. The first-order chi connectivity index (χ1) is 9.57. The third-order valence-electron chi connectivity index (χ3n) is 5.76. The Balaban J connectivity index is 1.84. The molecule has 2 heteroatoms. The van der Waals surface area contributed by atoms with Gasteiger partial charge < -0.3 is 4.74 Å². The van der Waals surface area contributed by atoms with Crippen molar-refractivity contribution in [3.63, 3.8) is 0 Å². The molecule has 0 radical (unpaired) electrons. The minimum absolute atomic E-state index is 0.0915. The second kappa shape index (κ2) is 4.85. The van der Waals surface area contributed by atoms with Crippen molar-refractivity contribution in [2.45, 2.75) is 64.3 Å². The van der Waals surface area contributed by atoms with Crippen LogP contribution < -0.4 is 0 Å². The topological polar surface area (TPSA) is 15.8 Å². The van der Waals surface area contributed by atoms with E-state index in [1.165, 1.54) is 12.0 Å². The quantitative estimate of drug-likeness (QED) is 0.774. The van der Waals surface area contributed by atoms with Crippen LogP contribution in [0.15, 0.2) is 30.3 Å². The van der Waals surface area contributed by atoms with Gasteiger partial charge in [0.2, 0.25) is 0 Å². The Bertz CT molecular complexity index is 474. The van der Waals surface area contributed by atoms with E-state index >= 15 is 0 Å². The second-order valence-electron chi connectivity index (χ2n) is 6.69. The summed E-state index contributed by atoms with van der Waals surface area (Å²) in [7, 11) is 0. The predicted octanol–water partition coefficient (Wildman–Crippen LogP) is 3.85. The standard InChI is InChI=1S/C18H27NO/c1-5-16-18(6-2)17(4,20-18)14(3)12-19(16)13-15-10-8-7-9-11-15/h7-11,14,16H,5-6,12-13H2,1-4H3/t14-,16-,17-,18+/m1/s1. The summed E-state index contributed by atoms with van der Waals surface area (Å²) in [5.74, 6) is 0.606. The summed E-state index contributed by atoms with van der Waals surface area (Å²) in [6.07, 6.45) is 2.29. The molecule has 2 heterocycles. The highest BCUT2D eigenvalue weighted by molar-refractivity contribution is 5.24. The first-order valence-electron chi connectivity index (χ1n) is 8.05. The van der Waals surface area contributed by atoms with Gasteiger partial charge in [0.25, 0.3) is 0 Å². The van der Waals surface area contributed by atoms with Gasteiger partial charge in [0, 0.05) is 25.0 Å². The van der Waals surface area contributed by atoms with Crippen molar-refractivity contribution in [1.29, 1.82) is 0 Å². The van der Waals surface area contributed by atoms with Gasteiger partial charge in [-0.15, -0.1) is 0 Å². The molecule has 0 amide bonds. The Kier molecular flexibility index (Phi) is 3.42. The first-order valence-corrected chi connectivity index (χ1v) is 8.05. The van der Waals surface area contributed by atoms with E-state index in [1.54, 1.807) is 0 Å². The number of piperidine rings is 1. The van der Waals surface area contributed by atoms with E-state index in [0.717, 1.165) is 19.5 Å². The Morgan fingerprint density at radius 2 is 1.95 bits per heavy atom. The molecule has 1 aromatic rings. The zero-order valence-corrected chi connectivity index (χ0v) is 13.2. The van der Waals surface area contributed by atoms with E-state index in [4.69, 9.17) is 4.74 Å². The number of likely N-dealkylation sites (tertiary alicyclic amines) is 1. The normalized spacial score (nSPS) is 40.4. The van der Waals surface area contributed by atoms with Crippen molar-refractivity contribution in [1.82, 2.24) is 4.90 Å². The summed E-state index contributed by atoms with van der Waals surface area (Å²) in [4.78, 5) is 2.65. The zero-order valence-electron chi connectivity index (χ0n) is 13.2. The summed E-state index contributed by atoms with van der Waals surface area (Å²) < 4.78 is 6.34. The number of rotatable bonds is 4. The van der Waals surface area contributed by atoms with Crippen LogP contribution in [0.2, 0.25) is 0 Å². The lowest BCUT2D eigenvalue weighted by Crippen LogP contribution is -2.56. The summed E-state index contributed by atoms with van der Waals surface area (Å²) in [5, 5.41) is 0. The van der Waals surface area contributed by atoms with Crippen LogP contribution >= 0.6 is 0 Å². The molecule has 2 aliphatic heterocycles. The van der Waals surface area contributed by atoms with Crippen molar-refractivity contribution in [3.8, 4) is 0 Å². The smallest absolute Gasteiger partial charge is 0.113 e. The average Bonchev–Trinajstić information content (AvgIpc) is 3.09. The predicted molar refractivity (Wildman–Crippen MR) is 82.6 cm³/mol. The van der Waals surface area contributed by atoms with Crippen LogP contribution in [-0.4, -0.2) is 28.7 Å². The molecule has 0 aromatic heterocycles. The lowest BCUT2D eigenvalue weighted by Gasteiger charge is -2.43. The van der Waals surface area contributed by atoms with Gasteiger partial charge in [-0.25, -0.2) is 0 Å². The largest absolute Gasteiger partial charge is 0.361 e. The Morgan fingerprint density at radius 1 is 1.25 bits per heavy atom. The van der Waals surface area contributed by atoms with Crippen LogP contribution in [0, 0.1) is 5.92 Å². The summed E-state index contributed by atoms with van der Waals surface area (Å²) in [5.41, 5.74) is 1.61. The number of epoxide rings is 1. The number of nitrogens with zero attached hydrogens (tertiary/aromatic N) is 1. The van der Waals surface area contributed by atoms with E-state index in [2.05, 4.69) is 62.9 Å². The Labute approximate surface area is 123 Å². The van der Waals surface area contributed by atoms with Crippen molar-refractivity contribution < 1.29 is 4.74 Å². The molecule has 2 nitrogen and oxygen atoms in total. The maximum Gasteiger partial charge on any atom is 0.113 e. The van der Waals surface area contributed by atoms with Gasteiger partial charge >= 0.3 is 0 Å². The van der Waals surface area contributed by atoms with Crippen LogP contribution in [0.1, 0.15) is 46.1 Å². The highest BCUT2D eigenvalue weighted by Crippen LogP contribution is 2.61. The van der Waals surface area contributed by atoms with E-state index in [-0.39, 0.29) is 11.2 Å². The number of fused-ring (bicyclic) bond motifs is 1. The van der Waals surface area contributed by atoms with Crippen molar-refractivity contribution in [2.75, 3.05) is 6.54 Å². The van der Waals surface area contributed by atoms with Crippen LogP contribution in [-0.2, 0) is 11.3 Å². The van der Waals surface area contributed by atoms with Gasteiger partial charge in [-0.2, -0.15) is 0 Å². The van der Waals surface area contributed by atoms with Crippen LogP contribution in [0.25, 0.3) is 0 Å². The maximum atomic E-state index is 6.34. The Hall–Kier alpha value is -0.860. The van der Waals surface area contributed by atoms with E-state index < -0.39 is 0 Å². The lowest BCUT2D eigenvalue weighted by atomic mass is 9.73. The molecule has 110 valence electrons. The van der Waals surface area contributed by atoms with Crippen molar-refractivity contribution >= 4 is 0 Å². The number of hydrogen-bond donors (Lipinski definition) is 0. The van der Waals surface area contributed by atoms with Gasteiger partial charge in [-0.1, -0.05) is 51.1 Å². The molecule has 3 rings (SSSR count). The monoisotopic (exact) mass is 273 g/mol. The highest BCUT2D eigenvalue weighted by atomic mass is 16.6. The molecule has 0 N–H and O–H groups in total. The minimum atomic E-state index is 0.0915. The molecule has 2 aliphatic rings. The van der Waals surface area contributed by atoms with E-state index in [9.17, 15) is 0 Å². The average molecular weight is 273 g/mol. The SMILES string of the molecule is CC[C@H]1N(Cc2ccccc2)C[C@@H](C)[C@@]2(C)O[C@@]12CC. The minimum Gasteiger partial charge on any atom is -0.361 e. The molecular formula is C18H27NO. The third-order valence-corrected chi connectivity index (χ3v) is 5.76. The number of hydrogen-bond acceptors (Lipinski definition) is 2. The summed E-state index contributed by atoms with van der Waals surface area (Å²) in [6, 6.07) is 11.4. The fourth-order valence-corrected chi connectivity index (χ4v) is 4.46. The van der Waals surface area contributed by atoms with E-state index in [1.807, 2.05) is 0 Å². The van der Waals surface area contributed by atoms with Gasteiger partial charge in [0.05, 0.1) is 0 Å². The molecule has 0 saturated carbocycles. The first kappa shape index (κ1) is 14.1. The molecular weight excluding hydrogens is 246 g/mol. The zero-order chi connectivity index (χ0) is 14.4. The molecule has 2 fully saturated rings. The maximum absolute atomic E-state index is 6.34. The third kappa shape index (κ3) is 1.85. The molecule has 0 bridgehead atoms. The molecule has 20 heavy (non-hydrogen) atoms. The van der Waals surface area contributed by atoms with E-state index in [0.29, 0.717) is 12.0 Å².